The van der Waals surface area contributed by atoms with Gasteiger partial charge in [0.2, 0.25) is 0 Å². The average molecular weight is 546 g/mol. The number of nitrogens with two attached hydrogens (primary N) is 2. The number of hydrogen-bond acceptors (Lipinski definition) is 6. The molecule has 0 spiro atoms. The minimum Gasteiger partial charge on any atom is -0.480 e. The van der Waals surface area contributed by atoms with Gasteiger partial charge in [0.05, 0.1) is 11.3 Å². The second kappa shape index (κ2) is 13.2. The smallest absolute Gasteiger partial charge is 0.480 e. The predicted molar refractivity (Wildman–Crippen MR) is 133 cm³/mol. The number of amides is 1. The van der Waals surface area contributed by atoms with Crippen molar-refractivity contribution in [2.24, 2.45) is 16.5 Å². The lowest BCUT2D eigenvalue weighted by molar-refractivity contribution is -0.192. The van der Waals surface area contributed by atoms with Crippen LogP contribution in [0.5, 0.6) is 5.75 Å². The third-order valence-corrected chi connectivity index (χ3v) is 4.52. The van der Waals surface area contributed by atoms with E-state index in [1.807, 2.05) is 0 Å². The highest BCUT2D eigenvalue weighted by Crippen LogP contribution is 2.20. The molecule has 0 aliphatic heterocycles. The summed E-state index contributed by atoms with van der Waals surface area (Å²) in [5, 5.41) is 16.3. The average Bonchev–Trinajstić information content (AvgIpc) is 2.88. The number of ether oxygens (including phenoxy) is 1. The molecule has 0 heterocycles. The number of carbonyl (C=O) groups excluding carboxylic acids is 2. The lowest BCUT2D eigenvalue weighted by Crippen LogP contribution is -2.35. The number of guanidine groups is 1. The van der Waals surface area contributed by atoms with Gasteiger partial charge in [0.15, 0.2) is 5.96 Å². The fourth-order valence-electron chi connectivity index (χ4n) is 2.83. The van der Waals surface area contributed by atoms with Gasteiger partial charge in [0.25, 0.3) is 5.91 Å². The first-order valence-corrected chi connectivity index (χ1v) is 10.7. The number of carboxylic acids is 2. The molecular formula is C25H21F3N4O7. The highest BCUT2D eigenvalue weighted by molar-refractivity contribution is 6.08. The Hall–Kier alpha value is -5.40. The first kappa shape index (κ1) is 29.8. The molecule has 0 unspecified atom stereocenters. The topological polar surface area (TPSA) is 186 Å². The Balaban J connectivity index is 0.000000673. The van der Waals surface area contributed by atoms with E-state index in [2.05, 4.69) is 4.99 Å². The van der Waals surface area contributed by atoms with E-state index in [4.69, 9.17) is 26.1 Å². The number of aliphatic imine (C=N–C) groups is 1. The van der Waals surface area contributed by atoms with Crippen LogP contribution in [0.25, 0.3) is 0 Å². The summed E-state index contributed by atoms with van der Waals surface area (Å²) in [5.41, 5.74) is 12.0. The molecule has 11 nitrogen and oxygen atoms in total. The number of anilines is 1. The van der Waals surface area contributed by atoms with Gasteiger partial charge in [-0.2, -0.15) is 13.2 Å². The summed E-state index contributed by atoms with van der Waals surface area (Å²) in [5.74, 6) is -4.82. The van der Waals surface area contributed by atoms with Crippen molar-refractivity contribution in [2.75, 3.05) is 11.4 Å². The van der Waals surface area contributed by atoms with Crippen LogP contribution in [0.15, 0.2) is 83.9 Å². The van der Waals surface area contributed by atoms with Crippen LogP contribution in [0.1, 0.15) is 20.7 Å². The van der Waals surface area contributed by atoms with Crippen molar-refractivity contribution in [2.45, 2.75) is 6.18 Å². The van der Waals surface area contributed by atoms with Crippen LogP contribution in [-0.4, -0.2) is 52.7 Å². The molecule has 14 heteroatoms. The number of halogens is 3. The molecule has 39 heavy (non-hydrogen) atoms. The first-order chi connectivity index (χ1) is 18.3. The molecule has 3 aromatic carbocycles. The summed E-state index contributed by atoms with van der Waals surface area (Å²) in [6.45, 7) is -0.498. The van der Waals surface area contributed by atoms with Crippen LogP contribution in [0.3, 0.4) is 0 Å². The molecule has 0 aliphatic carbocycles. The van der Waals surface area contributed by atoms with Crippen molar-refractivity contribution in [3.05, 3.63) is 90.0 Å². The Morgan fingerprint density at radius 2 is 1.33 bits per heavy atom. The molecule has 0 fully saturated rings. The van der Waals surface area contributed by atoms with Gasteiger partial charge in [0.1, 0.15) is 12.3 Å². The Kier molecular flexibility index (Phi) is 10.1. The molecule has 0 aliphatic rings. The molecule has 1 amide bonds. The zero-order chi connectivity index (χ0) is 29.2. The van der Waals surface area contributed by atoms with Crippen molar-refractivity contribution in [1.82, 2.24) is 0 Å². The van der Waals surface area contributed by atoms with Gasteiger partial charge in [-0.25, -0.2) is 14.6 Å². The van der Waals surface area contributed by atoms with Crippen molar-refractivity contribution in [3.63, 3.8) is 0 Å². The van der Waals surface area contributed by atoms with Gasteiger partial charge < -0.3 is 26.4 Å². The fraction of sp³-hybridized carbons (Fsp3) is 0.0800. The quantitative estimate of drug-likeness (QED) is 0.149. The second-order valence-corrected chi connectivity index (χ2v) is 7.42. The van der Waals surface area contributed by atoms with Gasteiger partial charge in [-0.05, 0) is 60.7 Å². The second-order valence-electron chi connectivity index (χ2n) is 7.42. The maximum absolute atomic E-state index is 12.9. The maximum atomic E-state index is 12.9. The van der Waals surface area contributed by atoms with Crippen LogP contribution >= 0.6 is 0 Å². The number of rotatable bonds is 7. The molecular weight excluding hydrogens is 525 g/mol. The number of carbonyl (C=O) groups is 4. The number of aliphatic carboxylic acids is 2. The van der Waals surface area contributed by atoms with E-state index in [1.54, 1.807) is 54.6 Å². The summed E-state index contributed by atoms with van der Waals surface area (Å²) >= 11 is 0. The van der Waals surface area contributed by atoms with E-state index in [0.29, 0.717) is 17.1 Å². The lowest BCUT2D eigenvalue weighted by Gasteiger charge is -2.21. The van der Waals surface area contributed by atoms with Gasteiger partial charge >= 0.3 is 24.1 Å². The summed E-state index contributed by atoms with van der Waals surface area (Å²) in [6, 6.07) is 20.5. The van der Waals surface area contributed by atoms with E-state index in [0.717, 1.165) is 4.90 Å². The van der Waals surface area contributed by atoms with E-state index in [9.17, 15) is 32.7 Å². The Bertz CT molecular complexity index is 1340. The van der Waals surface area contributed by atoms with Gasteiger partial charge in [-0.3, -0.25) is 14.5 Å². The molecule has 3 rings (SSSR count). The number of nitrogens with zero attached hydrogens (tertiary/aromatic N) is 2. The van der Waals surface area contributed by atoms with Crippen molar-refractivity contribution < 1.29 is 47.3 Å². The summed E-state index contributed by atoms with van der Waals surface area (Å²) in [7, 11) is 0. The number of para-hydroxylation sites is 1. The molecule has 0 bridgehead atoms. The Morgan fingerprint density at radius 3 is 1.79 bits per heavy atom. The van der Waals surface area contributed by atoms with E-state index < -0.39 is 36.5 Å². The van der Waals surface area contributed by atoms with Gasteiger partial charge in [-0.15, -0.1) is 0 Å². The van der Waals surface area contributed by atoms with E-state index in [-0.39, 0.29) is 17.1 Å². The summed E-state index contributed by atoms with van der Waals surface area (Å²) in [4.78, 5) is 50.4. The zero-order valence-corrected chi connectivity index (χ0v) is 19.8. The van der Waals surface area contributed by atoms with E-state index in [1.165, 1.54) is 24.3 Å². The number of benzene rings is 3. The fourth-order valence-corrected chi connectivity index (χ4v) is 2.83. The molecule has 0 saturated heterocycles. The molecule has 0 radical (unpaired) electrons. The molecule has 6 N–H and O–H groups in total. The minimum atomic E-state index is -5.08. The van der Waals surface area contributed by atoms with Crippen molar-refractivity contribution >= 4 is 41.1 Å². The molecule has 204 valence electrons. The van der Waals surface area contributed by atoms with Crippen LogP contribution in [0.2, 0.25) is 0 Å². The zero-order valence-electron chi connectivity index (χ0n) is 19.8. The van der Waals surface area contributed by atoms with E-state index >= 15 is 0 Å². The number of carboxylic acid groups (broad SMARTS) is 2. The summed E-state index contributed by atoms with van der Waals surface area (Å²) in [6.07, 6.45) is -5.08. The third kappa shape index (κ3) is 9.53. The van der Waals surface area contributed by atoms with Crippen LogP contribution in [-0.2, 0) is 9.59 Å². The highest BCUT2D eigenvalue weighted by Gasteiger charge is 2.38. The molecule has 3 aromatic rings. The minimum absolute atomic E-state index is 0.0847. The van der Waals surface area contributed by atoms with Crippen molar-refractivity contribution in [1.29, 1.82) is 0 Å². The monoisotopic (exact) mass is 546 g/mol. The summed E-state index contributed by atoms with van der Waals surface area (Å²) < 4.78 is 37.0. The highest BCUT2D eigenvalue weighted by atomic mass is 19.4. The number of esters is 1. The first-order valence-electron chi connectivity index (χ1n) is 10.7. The standard InChI is InChI=1S/C23H20N4O5.C2HF3O2/c24-23(25)26-17-10-12-19(13-11-17)32-22(31)16-8-6-15(7-9-16)21(30)27(14-20(28)29)18-4-2-1-3-5-18;3-2(4,5)1(6)7/h1-13H,14H2,(H,28,29)(H4,24,25,26);(H,6,7). The molecule has 0 atom stereocenters. The van der Waals surface area contributed by atoms with Gasteiger partial charge in [-0.1, -0.05) is 18.2 Å². The normalized spacial score (nSPS) is 10.3. The molecule has 0 saturated carbocycles. The largest absolute Gasteiger partial charge is 0.490 e. The molecule has 0 aromatic heterocycles. The van der Waals surface area contributed by atoms with Crippen LogP contribution in [0.4, 0.5) is 24.5 Å². The number of alkyl halides is 3. The third-order valence-electron chi connectivity index (χ3n) is 4.52. The predicted octanol–water partition coefficient (Wildman–Crippen LogP) is 3.18. The Labute approximate surface area is 218 Å². The van der Waals surface area contributed by atoms with Crippen molar-refractivity contribution in [3.8, 4) is 5.75 Å². The SMILES string of the molecule is NC(N)=Nc1ccc(OC(=O)c2ccc(C(=O)N(CC(=O)O)c3ccccc3)cc2)cc1.O=C(O)C(F)(F)F. The maximum Gasteiger partial charge on any atom is 0.490 e. The van der Waals surface area contributed by atoms with Crippen LogP contribution < -0.4 is 21.1 Å². The lowest BCUT2D eigenvalue weighted by atomic mass is 10.1. The van der Waals surface area contributed by atoms with Crippen LogP contribution in [0, 0.1) is 0 Å². The Morgan fingerprint density at radius 1 is 0.821 bits per heavy atom. The number of hydrogen-bond donors (Lipinski definition) is 4. The van der Waals surface area contributed by atoms with Gasteiger partial charge in [0, 0.05) is 11.3 Å².